The van der Waals surface area contributed by atoms with Crippen molar-refractivity contribution in [2.45, 2.75) is 19.4 Å². The van der Waals surface area contributed by atoms with Gasteiger partial charge in [-0.25, -0.2) is 0 Å². The van der Waals surface area contributed by atoms with Crippen LogP contribution in [-0.2, 0) is 6.54 Å². The number of unbranched alkanes of at least 4 members (excludes halogenated alkanes) is 1. The average molecular weight is 204 g/mol. The standard InChI is InChI=1S/C12H14NO2/c14-8-2-1-6-13-7-5-10-9-11(15)3-4-12(10)13/h3-4,7,9,14-15H,1-2,6,8H2. The molecular weight excluding hydrogens is 190 g/mol. The van der Waals surface area contributed by atoms with Gasteiger partial charge in [-0.05, 0) is 31.0 Å². The number of nitrogens with zero attached hydrogens (tertiary/aromatic N) is 1. The van der Waals surface area contributed by atoms with E-state index in [2.05, 4.69) is 10.6 Å². The summed E-state index contributed by atoms with van der Waals surface area (Å²) < 4.78 is 2.09. The Kier molecular flexibility index (Phi) is 2.92. The smallest absolute Gasteiger partial charge is 0.116 e. The number of rotatable bonds is 4. The molecule has 0 aliphatic rings. The van der Waals surface area contributed by atoms with E-state index in [0.29, 0.717) is 0 Å². The Morgan fingerprint density at radius 3 is 2.93 bits per heavy atom. The van der Waals surface area contributed by atoms with Crippen molar-refractivity contribution in [3.8, 4) is 5.75 Å². The third-order valence-corrected chi connectivity index (χ3v) is 2.47. The average Bonchev–Trinajstić information content (AvgIpc) is 2.61. The van der Waals surface area contributed by atoms with Crippen molar-refractivity contribution in [1.82, 2.24) is 4.57 Å². The Balaban J connectivity index is 2.21. The molecule has 0 spiro atoms. The van der Waals surface area contributed by atoms with Gasteiger partial charge in [0, 0.05) is 36.3 Å². The molecule has 0 aliphatic heterocycles. The number of hydrogen-bond acceptors (Lipinski definition) is 2. The molecule has 1 radical (unpaired) electrons. The second kappa shape index (κ2) is 4.36. The molecule has 79 valence electrons. The van der Waals surface area contributed by atoms with Gasteiger partial charge in [0.05, 0.1) is 0 Å². The summed E-state index contributed by atoms with van der Waals surface area (Å²) in [5.74, 6) is 0.270. The van der Waals surface area contributed by atoms with E-state index in [1.165, 1.54) is 0 Å². The van der Waals surface area contributed by atoms with Crippen molar-refractivity contribution >= 4 is 10.9 Å². The SMILES string of the molecule is OCCCCn1c[c]c2cc(O)ccc21. The fraction of sp³-hybridized carbons (Fsp3) is 0.333. The molecule has 3 nitrogen and oxygen atoms in total. The number of phenolic OH excluding ortho intramolecular Hbond substituents is 1. The Morgan fingerprint density at radius 2 is 2.13 bits per heavy atom. The molecule has 2 aromatic rings. The number of hydrogen-bond donors (Lipinski definition) is 2. The van der Waals surface area contributed by atoms with Gasteiger partial charge in [0.25, 0.3) is 0 Å². The summed E-state index contributed by atoms with van der Waals surface area (Å²) in [5.41, 5.74) is 1.07. The number of aliphatic hydroxyl groups excluding tert-OH is 1. The zero-order chi connectivity index (χ0) is 10.7. The second-order valence-corrected chi connectivity index (χ2v) is 3.60. The van der Waals surface area contributed by atoms with Gasteiger partial charge < -0.3 is 14.8 Å². The van der Waals surface area contributed by atoms with Crippen LogP contribution in [0.15, 0.2) is 24.4 Å². The molecular formula is C12H14NO2. The van der Waals surface area contributed by atoms with Crippen LogP contribution in [0.5, 0.6) is 5.75 Å². The zero-order valence-corrected chi connectivity index (χ0v) is 8.48. The van der Waals surface area contributed by atoms with Crippen LogP contribution in [0.4, 0.5) is 0 Å². The van der Waals surface area contributed by atoms with Crippen LogP contribution in [0, 0.1) is 6.07 Å². The summed E-state index contributed by atoms with van der Waals surface area (Å²) in [5, 5.41) is 18.9. The molecule has 0 fully saturated rings. The van der Waals surface area contributed by atoms with E-state index in [1.807, 2.05) is 12.3 Å². The first-order valence-corrected chi connectivity index (χ1v) is 5.11. The highest BCUT2D eigenvalue weighted by atomic mass is 16.3. The van der Waals surface area contributed by atoms with Crippen LogP contribution in [0.25, 0.3) is 10.9 Å². The highest BCUT2D eigenvalue weighted by molar-refractivity contribution is 5.80. The Labute approximate surface area is 88.6 Å². The minimum Gasteiger partial charge on any atom is -0.508 e. The summed E-state index contributed by atoms with van der Waals surface area (Å²) in [6, 6.07) is 8.37. The van der Waals surface area contributed by atoms with E-state index in [4.69, 9.17) is 5.11 Å². The minimum absolute atomic E-state index is 0.240. The largest absolute Gasteiger partial charge is 0.508 e. The van der Waals surface area contributed by atoms with Crippen molar-refractivity contribution in [1.29, 1.82) is 0 Å². The summed E-state index contributed by atoms with van der Waals surface area (Å²) in [6.45, 7) is 1.12. The van der Waals surface area contributed by atoms with E-state index in [-0.39, 0.29) is 12.4 Å². The van der Waals surface area contributed by atoms with Gasteiger partial charge in [-0.15, -0.1) is 0 Å². The van der Waals surface area contributed by atoms with E-state index < -0.39 is 0 Å². The number of aryl methyl sites for hydroxylation is 1. The quantitative estimate of drug-likeness (QED) is 0.747. The molecule has 0 amide bonds. The molecule has 1 aromatic heterocycles. The lowest BCUT2D eigenvalue weighted by molar-refractivity contribution is 0.281. The van der Waals surface area contributed by atoms with E-state index in [9.17, 15) is 5.11 Å². The third-order valence-electron chi connectivity index (χ3n) is 2.47. The predicted octanol–water partition coefficient (Wildman–Crippen LogP) is 1.92. The van der Waals surface area contributed by atoms with Crippen molar-refractivity contribution in [2.24, 2.45) is 0 Å². The first-order chi connectivity index (χ1) is 7.31. The van der Waals surface area contributed by atoms with Gasteiger partial charge in [0.15, 0.2) is 0 Å². The molecule has 0 aliphatic carbocycles. The number of aromatic hydroxyl groups is 1. The Hall–Kier alpha value is -1.48. The summed E-state index contributed by atoms with van der Waals surface area (Å²) in [7, 11) is 0. The summed E-state index contributed by atoms with van der Waals surface area (Å²) >= 11 is 0. The van der Waals surface area contributed by atoms with Gasteiger partial charge in [-0.2, -0.15) is 0 Å². The number of aromatic nitrogens is 1. The van der Waals surface area contributed by atoms with Crippen LogP contribution in [0.2, 0.25) is 0 Å². The zero-order valence-electron chi connectivity index (χ0n) is 8.48. The molecule has 0 atom stereocenters. The van der Waals surface area contributed by atoms with E-state index >= 15 is 0 Å². The van der Waals surface area contributed by atoms with Crippen molar-refractivity contribution in [3.63, 3.8) is 0 Å². The van der Waals surface area contributed by atoms with Gasteiger partial charge in [0.2, 0.25) is 0 Å². The molecule has 2 rings (SSSR count). The topological polar surface area (TPSA) is 45.4 Å². The lowest BCUT2D eigenvalue weighted by Crippen LogP contribution is -1.96. The molecule has 15 heavy (non-hydrogen) atoms. The second-order valence-electron chi connectivity index (χ2n) is 3.60. The van der Waals surface area contributed by atoms with Gasteiger partial charge in [0.1, 0.15) is 5.75 Å². The summed E-state index contributed by atoms with van der Waals surface area (Å²) in [6.07, 6.45) is 3.66. The summed E-state index contributed by atoms with van der Waals surface area (Å²) in [4.78, 5) is 0. The van der Waals surface area contributed by atoms with Crippen molar-refractivity contribution in [2.75, 3.05) is 6.61 Å². The van der Waals surface area contributed by atoms with Crippen molar-refractivity contribution in [3.05, 3.63) is 30.5 Å². The van der Waals surface area contributed by atoms with Gasteiger partial charge >= 0.3 is 0 Å². The maximum atomic E-state index is 9.29. The molecule has 0 saturated heterocycles. The first kappa shape index (κ1) is 10.1. The van der Waals surface area contributed by atoms with Crippen LogP contribution < -0.4 is 0 Å². The first-order valence-electron chi connectivity index (χ1n) is 5.11. The van der Waals surface area contributed by atoms with Crippen LogP contribution in [0.3, 0.4) is 0 Å². The molecule has 2 N–H and O–H groups in total. The number of fused-ring (bicyclic) bond motifs is 1. The molecule has 1 heterocycles. The van der Waals surface area contributed by atoms with Crippen LogP contribution in [0.1, 0.15) is 12.8 Å². The van der Waals surface area contributed by atoms with E-state index in [1.54, 1.807) is 12.1 Å². The van der Waals surface area contributed by atoms with Crippen LogP contribution in [-0.4, -0.2) is 21.4 Å². The predicted molar refractivity (Wildman–Crippen MR) is 58.8 cm³/mol. The maximum Gasteiger partial charge on any atom is 0.116 e. The molecule has 0 bridgehead atoms. The third kappa shape index (κ3) is 2.13. The number of phenols is 1. The normalized spacial score (nSPS) is 11.0. The fourth-order valence-electron chi connectivity index (χ4n) is 1.69. The molecule has 3 heteroatoms. The monoisotopic (exact) mass is 204 g/mol. The Bertz CT molecular complexity index is 448. The van der Waals surface area contributed by atoms with Gasteiger partial charge in [-0.1, -0.05) is 0 Å². The lowest BCUT2D eigenvalue weighted by atomic mass is 10.2. The minimum atomic E-state index is 0.240. The molecule has 0 unspecified atom stereocenters. The van der Waals surface area contributed by atoms with Crippen LogP contribution >= 0.6 is 0 Å². The molecule has 1 aromatic carbocycles. The van der Waals surface area contributed by atoms with E-state index in [0.717, 1.165) is 30.3 Å². The number of aliphatic hydroxyl groups is 1. The van der Waals surface area contributed by atoms with Gasteiger partial charge in [-0.3, -0.25) is 0 Å². The fourth-order valence-corrected chi connectivity index (χ4v) is 1.69. The highest BCUT2D eigenvalue weighted by Gasteiger charge is 2.01. The highest BCUT2D eigenvalue weighted by Crippen LogP contribution is 2.20. The lowest BCUT2D eigenvalue weighted by Gasteiger charge is -2.04. The maximum absolute atomic E-state index is 9.29. The Morgan fingerprint density at radius 1 is 1.27 bits per heavy atom. The molecule has 0 saturated carbocycles. The van der Waals surface area contributed by atoms with Crippen molar-refractivity contribution < 1.29 is 10.2 Å². The number of benzene rings is 1.